The van der Waals surface area contributed by atoms with Crippen molar-refractivity contribution in [1.82, 2.24) is 0 Å². The van der Waals surface area contributed by atoms with Crippen LogP contribution in [0.25, 0.3) is 10.8 Å². The summed E-state index contributed by atoms with van der Waals surface area (Å²) in [5, 5.41) is 12.6. The van der Waals surface area contributed by atoms with E-state index < -0.39 is 6.10 Å². The largest absolute Gasteiger partial charge is 0.491 e. The first-order chi connectivity index (χ1) is 10.6. The van der Waals surface area contributed by atoms with Gasteiger partial charge in [0.05, 0.1) is 20.3 Å². The van der Waals surface area contributed by atoms with Crippen LogP contribution in [0.5, 0.6) is 5.75 Å². The number of hydrogen-bond donors (Lipinski definition) is 1. The maximum atomic E-state index is 10.3. The molecule has 1 N–H and O–H groups in total. The molecule has 0 amide bonds. The third-order valence-corrected chi connectivity index (χ3v) is 4.37. The van der Waals surface area contributed by atoms with Crippen molar-refractivity contribution in [2.24, 2.45) is 0 Å². The Hall–Kier alpha value is -1.62. The summed E-state index contributed by atoms with van der Waals surface area (Å²) < 4.78 is 12.0. The molecule has 0 radical (unpaired) electrons. The summed E-state index contributed by atoms with van der Waals surface area (Å²) in [6.07, 6.45) is -0.463. The second-order valence-corrected chi connectivity index (χ2v) is 6.34. The quantitative estimate of drug-likeness (QED) is 0.859. The second-order valence-electron chi connectivity index (χ2n) is 6.34. The van der Waals surface area contributed by atoms with E-state index in [0.29, 0.717) is 13.2 Å². The molecule has 2 aromatic carbocycles. The fraction of sp³-hybridized carbons (Fsp3) is 0.444. The SMILES string of the molecule is C[N+]1(CC(O)COc2ccc3ccccc3c2)CCOCC1. The molecule has 118 valence electrons. The van der Waals surface area contributed by atoms with Gasteiger partial charge in [0.25, 0.3) is 0 Å². The number of ether oxygens (including phenoxy) is 2. The summed E-state index contributed by atoms with van der Waals surface area (Å²) in [6, 6.07) is 14.2. The Morgan fingerprint density at radius 1 is 1.14 bits per heavy atom. The zero-order chi connectivity index (χ0) is 15.4. The number of morpholine rings is 1. The molecular formula is C18H24NO3+. The van der Waals surface area contributed by atoms with Crippen LogP contribution >= 0.6 is 0 Å². The zero-order valence-corrected chi connectivity index (χ0v) is 13.1. The van der Waals surface area contributed by atoms with Crippen molar-refractivity contribution in [2.75, 3.05) is 46.5 Å². The molecule has 0 aliphatic carbocycles. The second kappa shape index (κ2) is 6.65. The lowest BCUT2D eigenvalue weighted by molar-refractivity contribution is -0.919. The minimum absolute atomic E-state index is 0.326. The molecule has 1 aliphatic heterocycles. The van der Waals surface area contributed by atoms with Crippen LogP contribution in [0.15, 0.2) is 42.5 Å². The van der Waals surface area contributed by atoms with Gasteiger partial charge in [0.1, 0.15) is 38.1 Å². The molecule has 2 aromatic rings. The first-order valence-corrected chi connectivity index (χ1v) is 7.86. The third kappa shape index (κ3) is 3.77. The highest BCUT2D eigenvalue weighted by atomic mass is 16.5. The highest BCUT2D eigenvalue weighted by Gasteiger charge is 2.28. The van der Waals surface area contributed by atoms with E-state index in [9.17, 15) is 5.11 Å². The standard InChI is InChI=1S/C18H24NO3/c1-19(8-10-21-11-9-19)13-17(20)14-22-18-7-6-15-4-2-3-5-16(15)12-18/h2-7,12,17,20H,8-11,13-14H2,1H3/q+1. The summed E-state index contributed by atoms with van der Waals surface area (Å²) >= 11 is 0. The average Bonchev–Trinajstić information content (AvgIpc) is 2.53. The van der Waals surface area contributed by atoms with Crippen molar-refractivity contribution in [2.45, 2.75) is 6.10 Å². The van der Waals surface area contributed by atoms with Crippen molar-refractivity contribution in [1.29, 1.82) is 0 Å². The summed E-state index contributed by atoms with van der Waals surface area (Å²) in [4.78, 5) is 0. The molecule has 1 saturated heterocycles. The Labute approximate surface area is 131 Å². The van der Waals surface area contributed by atoms with Gasteiger partial charge in [0.2, 0.25) is 0 Å². The van der Waals surface area contributed by atoms with E-state index >= 15 is 0 Å². The van der Waals surface area contributed by atoms with E-state index in [1.807, 2.05) is 30.3 Å². The molecule has 4 heteroatoms. The number of rotatable bonds is 5. The Balaban J connectivity index is 1.56. The Morgan fingerprint density at radius 2 is 1.86 bits per heavy atom. The molecule has 22 heavy (non-hydrogen) atoms. The molecule has 0 spiro atoms. The van der Waals surface area contributed by atoms with E-state index in [4.69, 9.17) is 9.47 Å². The number of benzene rings is 2. The van der Waals surface area contributed by atoms with E-state index in [0.717, 1.165) is 41.9 Å². The van der Waals surface area contributed by atoms with Crippen molar-refractivity contribution >= 4 is 10.8 Å². The maximum Gasteiger partial charge on any atom is 0.137 e. The molecule has 3 rings (SSSR count). The highest BCUT2D eigenvalue weighted by Crippen LogP contribution is 2.20. The van der Waals surface area contributed by atoms with Crippen LogP contribution in [0.3, 0.4) is 0 Å². The van der Waals surface area contributed by atoms with Crippen LogP contribution < -0.4 is 4.74 Å². The van der Waals surface area contributed by atoms with Gasteiger partial charge in [-0.05, 0) is 22.9 Å². The number of nitrogens with zero attached hydrogens (tertiary/aromatic N) is 1. The number of fused-ring (bicyclic) bond motifs is 1. The van der Waals surface area contributed by atoms with Gasteiger partial charge in [-0.1, -0.05) is 30.3 Å². The Kier molecular flexibility index (Phi) is 4.62. The number of aliphatic hydroxyl groups excluding tert-OH is 1. The molecule has 0 bridgehead atoms. The van der Waals surface area contributed by atoms with Crippen molar-refractivity contribution < 1.29 is 19.1 Å². The van der Waals surface area contributed by atoms with Crippen molar-refractivity contribution in [3.63, 3.8) is 0 Å². The van der Waals surface area contributed by atoms with Crippen LogP contribution in [0.4, 0.5) is 0 Å². The van der Waals surface area contributed by atoms with Crippen LogP contribution in [0.1, 0.15) is 0 Å². The molecular weight excluding hydrogens is 278 g/mol. The smallest absolute Gasteiger partial charge is 0.137 e. The lowest BCUT2D eigenvalue weighted by Gasteiger charge is -2.38. The molecule has 4 nitrogen and oxygen atoms in total. The number of likely N-dealkylation sites (N-methyl/N-ethyl adjacent to an activating group) is 1. The first-order valence-electron chi connectivity index (χ1n) is 7.86. The molecule has 0 saturated carbocycles. The molecule has 1 unspecified atom stereocenters. The predicted molar refractivity (Wildman–Crippen MR) is 87.1 cm³/mol. The van der Waals surface area contributed by atoms with Gasteiger partial charge in [-0.25, -0.2) is 0 Å². The zero-order valence-electron chi connectivity index (χ0n) is 13.1. The summed E-state index contributed by atoms with van der Waals surface area (Å²) in [7, 11) is 2.17. The van der Waals surface area contributed by atoms with Gasteiger partial charge in [-0.3, -0.25) is 0 Å². The van der Waals surface area contributed by atoms with E-state index in [-0.39, 0.29) is 0 Å². The van der Waals surface area contributed by atoms with E-state index in [1.54, 1.807) is 0 Å². The van der Waals surface area contributed by atoms with Gasteiger partial charge in [0.15, 0.2) is 0 Å². The van der Waals surface area contributed by atoms with Crippen molar-refractivity contribution in [3.8, 4) is 5.75 Å². The number of hydrogen-bond acceptors (Lipinski definition) is 3. The lowest BCUT2D eigenvalue weighted by atomic mass is 10.1. The van der Waals surface area contributed by atoms with Gasteiger partial charge >= 0.3 is 0 Å². The van der Waals surface area contributed by atoms with Gasteiger partial charge < -0.3 is 19.1 Å². The van der Waals surface area contributed by atoms with Crippen LogP contribution in [-0.4, -0.2) is 62.2 Å². The molecule has 0 aromatic heterocycles. The van der Waals surface area contributed by atoms with Crippen LogP contribution in [0.2, 0.25) is 0 Å². The minimum Gasteiger partial charge on any atom is -0.491 e. The monoisotopic (exact) mass is 302 g/mol. The van der Waals surface area contributed by atoms with Gasteiger partial charge in [-0.2, -0.15) is 0 Å². The van der Waals surface area contributed by atoms with Gasteiger partial charge in [0, 0.05) is 0 Å². The fourth-order valence-electron chi connectivity index (χ4n) is 2.98. The van der Waals surface area contributed by atoms with Crippen molar-refractivity contribution in [3.05, 3.63) is 42.5 Å². The van der Waals surface area contributed by atoms with Crippen LogP contribution in [-0.2, 0) is 4.74 Å². The average molecular weight is 302 g/mol. The van der Waals surface area contributed by atoms with Crippen LogP contribution in [0, 0.1) is 0 Å². The molecule has 1 fully saturated rings. The Morgan fingerprint density at radius 3 is 2.64 bits per heavy atom. The predicted octanol–water partition coefficient (Wildman–Crippen LogP) is 2.06. The lowest BCUT2D eigenvalue weighted by Crippen LogP contribution is -2.56. The first kappa shape index (κ1) is 15.3. The summed E-state index contributed by atoms with van der Waals surface area (Å²) in [5.41, 5.74) is 0. The summed E-state index contributed by atoms with van der Waals surface area (Å²) in [6.45, 7) is 4.48. The van der Waals surface area contributed by atoms with Gasteiger partial charge in [-0.15, -0.1) is 0 Å². The maximum absolute atomic E-state index is 10.3. The normalized spacial score (nSPS) is 19.0. The Bertz CT molecular complexity index is 623. The van der Waals surface area contributed by atoms with E-state index in [2.05, 4.69) is 19.2 Å². The molecule has 1 atom stereocenters. The van der Waals surface area contributed by atoms with E-state index in [1.165, 1.54) is 5.39 Å². The third-order valence-electron chi connectivity index (χ3n) is 4.37. The molecule has 1 aliphatic rings. The summed E-state index contributed by atoms with van der Waals surface area (Å²) in [5.74, 6) is 0.808. The fourth-order valence-corrected chi connectivity index (χ4v) is 2.98. The minimum atomic E-state index is -0.463. The molecule has 1 heterocycles. The number of aliphatic hydroxyl groups is 1. The number of quaternary nitrogens is 1. The topological polar surface area (TPSA) is 38.7 Å². The highest BCUT2D eigenvalue weighted by molar-refractivity contribution is 5.83.